The summed E-state index contributed by atoms with van der Waals surface area (Å²) in [4.78, 5) is 12.3. The Kier molecular flexibility index (Phi) is 5.15. The Morgan fingerprint density at radius 1 is 1.23 bits per heavy atom. The van der Waals surface area contributed by atoms with Crippen LogP contribution in [0.3, 0.4) is 0 Å². The second-order valence-electron chi connectivity index (χ2n) is 5.17. The largest absolute Gasteiger partial charge is 0.481 e. The molecule has 1 atom stereocenters. The summed E-state index contributed by atoms with van der Waals surface area (Å²) in [5, 5.41) is 2.92. The second-order valence-corrected chi connectivity index (χ2v) is 5.17. The molecule has 2 aromatic carbocycles. The first-order valence-electron chi connectivity index (χ1n) is 7.33. The standard InChI is InChI=1S/C18H20FNO2/c1-4-14-7-5-6-12(2)17(14)20-18(21)13(3)22-16-10-8-15(19)9-11-16/h5-11,13H,4H2,1-3H3,(H,20,21). The van der Waals surface area contributed by atoms with E-state index in [0.29, 0.717) is 5.75 Å². The molecule has 0 heterocycles. The van der Waals surface area contributed by atoms with Crippen molar-refractivity contribution in [1.82, 2.24) is 0 Å². The number of para-hydroxylation sites is 1. The molecule has 2 aromatic rings. The molecular weight excluding hydrogens is 281 g/mol. The van der Waals surface area contributed by atoms with E-state index >= 15 is 0 Å². The zero-order chi connectivity index (χ0) is 16.1. The highest BCUT2D eigenvalue weighted by molar-refractivity contribution is 5.95. The van der Waals surface area contributed by atoms with E-state index < -0.39 is 6.10 Å². The first kappa shape index (κ1) is 16.0. The highest BCUT2D eigenvalue weighted by atomic mass is 19.1. The Hall–Kier alpha value is -2.36. The van der Waals surface area contributed by atoms with Crippen LogP contribution in [0.2, 0.25) is 0 Å². The summed E-state index contributed by atoms with van der Waals surface area (Å²) in [7, 11) is 0. The lowest BCUT2D eigenvalue weighted by Crippen LogP contribution is -2.30. The van der Waals surface area contributed by atoms with E-state index in [0.717, 1.165) is 23.2 Å². The molecule has 0 aliphatic heterocycles. The molecule has 1 amide bonds. The van der Waals surface area contributed by atoms with Crippen LogP contribution in [-0.4, -0.2) is 12.0 Å². The van der Waals surface area contributed by atoms with E-state index in [1.54, 1.807) is 6.92 Å². The highest BCUT2D eigenvalue weighted by Crippen LogP contribution is 2.22. The van der Waals surface area contributed by atoms with Crippen molar-refractivity contribution in [2.45, 2.75) is 33.3 Å². The van der Waals surface area contributed by atoms with Gasteiger partial charge in [0.2, 0.25) is 0 Å². The van der Waals surface area contributed by atoms with Crippen molar-refractivity contribution in [3.8, 4) is 5.75 Å². The average Bonchev–Trinajstić information content (AvgIpc) is 2.51. The monoisotopic (exact) mass is 301 g/mol. The molecule has 0 spiro atoms. The Labute approximate surface area is 130 Å². The number of ether oxygens (including phenoxy) is 1. The van der Waals surface area contributed by atoms with Crippen LogP contribution in [-0.2, 0) is 11.2 Å². The maximum Gasteiger partial charge on any atom is 0.265 e. The number of anilines is 1. The fraction of sp³-hybridized carbons (Fsp3) is 0.278. The van der Waals surface area contributed by atoms with Crippen molar-refractivity contribution in [3.05, 3.63) is 59.4 Å². The van der Waals surface area contributed by atoms with Gasteiger partial charge in [-0.25, -0.2) is 4.39 Å². The molecular formula is C18H20FNO2. The van der Waals surface area contributed by atoms with Crippen molar-refractivity contribution < 1.29 is 13.9 Å². The number of halogens is 1. The summed E-state index contributed by atoms with van der Waals surface area (Å²) in [6.45, 7) is 5.67. The summed E-state index contributed by atoms with van der Waals surface area (Å²) in [6.07, 6.45) is 0.166. The molecule has 0 aromatic heterocycles. The van der Waals surface area contributed by atoms with E-state index in [9.17, 15) is 9.18 Å². The zero-order valence-corrected chi connectivity index (χ0v) is 13.0. The van der Waals surface area contributed by atoms with Gasteiger partial charge in [0.1, 0.15) is 11.6 Å². The molecule has 0 bridgehead atoms. The van der Waals surface area contributed by atoms with Gasteiger partial charge in [0.05, 0.1) is 0 Å². The third-order valence-corrected chi connectivity index (χ3v) is 3.48. The van der Waals surface area contributed by atoms with Crippen molar-refractivity contribution >= 4 is 11.6 Å². The average molecular weight is 301 g/mol. The third kappa shape index (κ3) is 3.85. The van der Waals surface area contributed by atoms with Gasteiger partial charge in [0.25, 0.3) is 5.91 Å². The molecule has 2 rings (SSSR count). The van der Waals surface area contributed by atoms with E-state index in [4.69, 9.17) is 4.74 Å². The fourth-order valence-electron chi connectivity index (χ4n) is 2.20. The van der Waals surface area contributed by atoms with Gasteiger partial charge in [-0.2, -0.15) is 0 Å². The molecule has 1 unspecified atom stereocenters. The van der Waals surface area contributed by atoms with Crippen LogP contribution in [0, 0.1) is 12.7 Å². The van der Waals surface area contributed by atoms with Crippen LogP contribution < -0.4 is 10.1 Å². The summed E-state index contributed by atoms with van der Waals surface area (Å²) in [5.41, 5.74) is 2.94. The molecule has 1 N–H and O–H groups in total. The van der Waals surface area contributed by atoms with Gasteiger partial charge >= 0.3 is 0 Å². The van der Waals surface area contributed by atoms with Crippen LogP contribution in [0.4, 0.5) is 10.1 Å². The van der Waals surface area contributed by atoms with E-state index in [2.05, 4.69) is 5.32 Å². The topological polar surface area (TPSA) is 38.3 Å². The smallest absolute Gasteiger partial charge is 0.265 e. The fourth-order valence-corrected chi connectivity index (χ4v) is 2.20. The zero-order valence-electron chi connectivity index (χ0n) is 13.0. The van der Waals surface area contributed by atoms with Crippen LogP contribution >= 0.6 is 0 Å². The molecule has 116 valence electrons. The van der Waals surface area contributed by atoms with Crippen molar-refractivity contribution in [1.29, 1.82) is 0 Å². The quantitative estimate of drug-likeness (QED) is 0.903. The van der Waals surface area contributed by atoms with Gasteiger partial charge in [0.15, 0.2) is 6.10 Å². The Morgan fingerprint density at radius 3 is 2.55 bits per heavy atom. The number of benzene rings is 2. The number of nitrogens with one attached hydrogen (secondary N) is 1. The van der Waals surface area contributed by atoms with E-state index in [1.807, 2.05) is 32.0 Å². The molecule has 0 radical (unpaired) electrons. The van der Waals surface area contributed by atoms with Crippen LogP contribution in [0.25, 0.3) is 0 Å². The van der Waals surface area contributed by atoms with Crippen molar-refractivity contribution in [2.75, 3.05) is 5.32 Å². The molecule has 0 fully saturated rings. The van der Waals surface area contributed by atoms with Crippen LogP contribution in [0.15, 0.2) is 42.5 Å². The molecule has 0 aliphatic rings. The second kappa shape index (κ2) is 7.07. The lowest BCUT2D eigenvalue weighted by molar-refractivity contribution is -0.122. The summed E-state index contributed by atoms with van der Waals surface area (Å²) in [6, 6.07) is 11.5. The minimum Gasteiger partial charge on any atom is -0.481 e. The van der Waals surface area contributed by atoms with Crippen LogP contribution in [0.1, 0.15) is 25.0 Å². The minimum absolute atomic E-state index is 0.228. The Morgan fingerprint density at radius 2 is 1.91 bits per heavy atom. The van der Waals surface area contributed by atoms with Crippen molar-refractivity contribution in [2.24, 2.45) is 0 Å². The molecule has 0 saturated heterocycles. The SMILES string of the molecule is CCc1cccc(C)c1NC(=O)C(C)Oc1ccc(F)cc1. The van der Waals surface area contributed by atoms with Gasteiger partial charge in [0, 0.05) is 5.69 Å². The van der Waals surface area contributed by atoms with Crippen LogP contribution in [0.5, 0.6) is 5.75 Å². The Balaban J connectivity index is 2.07. The summed E-state index contributed by atoms with van der Waals surface area (Å²) >= 11 is 0. The van der Waals surface area contributed by atoms with Gasteiger partial charge in [-0.1, -0.05) is 25.1 Å². The number of hydrogen-bond acceptors (Lipinski definition) is 2. The van der Waals surface area contributed by atoms with E-state index in [-0.39, 0.29) is 11.7 Å². The number of carbonyl (C=O) groups is 1. The first-order valence-corrected chi connectivity index (χ1v) is 7.33. The predicted octanol–water partition coefficient (Wildman–Crippen LogP) is 4.10. The highest BCUT2D eigenvalue weighted by Gasteiger charge is 2.17. The summed E-state index contributed by atoms with van der Waals surface area (Å²) < 4.78 is 18.4. The Bertz CT molecular complexity index is 653. The van der Waals surface area contributed by atoms with Gasteiger partial charge < -0.3 is 10.1 Å². The molecule has 22 heavy (non-hydrogen) atoms. The number of amides is 1. The maximum atomic E-state index is 12.9. The van der Waals surface area contributed by atoms with Gasteiger partial charge in [-0.15, -0.1) is 0 Å². The predicted molar refractivity (Wildman–Crippen MR) is 85.7 cm³/mol. The lowest BCUT2D eigenvalue weighted by atomic mass is 10.1. The number of hydrogen-bond donors (Lipinski definition) is 1. The molecule has 0 aliphatic carbocycles. The maximum absolute atomic E-state index is 12.9. The minimum atomic E-state index is -0.672. The molecule has 0 saturated carbocycles. The van der Waals surface area contributed by atoms with Crippen molar-refractivity contribution in [3.63, 3.8) is 0 Å². The molecule has 3 nitrogen and oxygen atoms in total. The number of carbonyl (C=O) groups excluding carboxylic acids is 1. The third-order valence-electron chi connectivity index (χ3n) is 3.48. The summed E-state index contributed by atoms with van der Waals surface area (Å²) in [5.74, 6) is -0.102. The normalized spacial score (nSPS) is 11.8. The lowest BCUT2D eigenvalue weighted by Gasteiger charge is -2.17. The molecule has 4 heteroatoms. The first-order chi connectivity index (χ1) is 10.5. The number of rotatable bonds is 5. The van der Waals surface area contributed by atoms with E-state index in [1.165, 1.54) is 24.3 Å². The van der Waals surface area contributed by atoms with Gasteiger partial charge in [-0.05, 0) is 55.7 Å². The number of aryl methyl sites for hydroxylation is 2. The van der Waals surface area contributed by atoms with Gasteiger partial charge in [-0.3, -0.25) is 4.79 Å².